The summed E-state index contributed by atoms with van der Waals surface area (Å²) >= 11 is 0. The van der Waals surface area contributed by atoms with Gasteiger partial charge in [0.1, 0.15) is 18.3 Å². The zero-order valence-electron chi connectivity index (χ0n) is 21.3. The zero-order valence-corrected chi connectivity index (χ0v) is 22.1. The van der Waals surface area contributed by atoms with Crippen LogP contribution in [-0.2, 0) is 32.6 Å². The average molecular weight is 524 g/mol. The van der Waals surface area contributed by atoms with Crippen LogP contribution < -0.4 is 14.4 Å². The van der Waals surface area contributed by atoms with E-state index in [1.807, 2.05) is 67.6 Å². The highest BCUT2D eigenvalue weighted by Gasteiger charge is 2.32. The topological polar surface area (TPSA) is 96.0 Å². The van der Waals surface area contributed by atoms with E-state index in [4.69, 9.17) is 4.74 Å². The Balaban J connectivity index is 1.97. The van der Waals surface area contributed by atoms with Gasteiger partial charge >= 0.3 is 0 Å². The minimum Gasteiger partial charge on any atom is -0.494 e. The Kier molecular flexibility index (Phi) is 9.68. The lowest BCUT2D eigenvalue weighted by molar-refractivity contribution is -0.139. The third kappa shape index (κ3) is 7.82. The van der Waals surface area contributed by atoms with Crippen molar-refractivity contribution >= 4 is 27.5 Å². The summed E-state index contributed by atoms with van der Waals surface area (Å²) in [6.45, 7) is 2.02. The third-order valence-corrected chi connectivity index (χ3v) is 6.97. The average Bonchev–Trinajstić information content (AvgIpc) is 2.90. The molecule has 3 aromatic carbocycles. The maximum atomic E-state index is 13.8. The van der Waals surface area contributed by atoms with Crippen molar-refractivity contribution in [1.82, 2.24) is 10.2 Å². The Morgan fingerprint density at radius 1 is 0.892 bits per heavy atom. The lowest BCUT2D eigenvalue weighted by Crippen LogP contribution is -2.52. The van der Waals surface area contributed by atoms with Gasteiger partial charge in [-0.3, -0.25) is 13.9 Å². The first-order valence-corrected chi connectivity index (χ1v) is 13.9. The standard InChI is InChI=1S/C28H33N3O5S/c1-4-36-25-17-15-24(16-18-25)31(37(3,34)35)21-27(32)30(20-23-13-9-6-10-14-23)26(28(33)29-2)19-22-11-7-5-8-12-22/h5-18,26H,4,19-21H2,1-3H3,(H,29,33)/t26-/m0/s1. The molecule has 9 heteroatoms. The molecule has 3 aromatic rings. The maximum absolute atomic E-state index is 13.8. The van der Waals surface area contributed by atoms with Crippen molar-refractivity contribution in [2.75, 3.05) is 30.8 Å². The number of likely N-dealkylation sites (N-methyl/N-ethyl adjacent to an activating group) is 1. The number of carbonyl (C=O) groups excluding carboxylic acids is 2. The van der Waals surface area contributed by atoms with E-state index in [0.29, 0.717) is 18.0 Å². The molecule has 8 nitrogen and oxygen atoms in total. The van der Waals surface area contributed by atoms with Crippen LogP contribution in [0.2, 0.25) is 0 Å². The number of sulfonamides is 1. The molecular formula is C28H33N3O5S. The van der Waals surface area contributed by atoms with Gasteiger partial charge in [0.15, 0.2) is 0 Å². The van der Waals surface area contributed by atoms with Crippen molar-refractivity contribution < 1.29 is 22.7 Å². The molecule has 0 heterocycles. The number of hydrogen-bond acceptors (Lipinski definition) is 5. The van der Waals surface area contributed by atoms with Gasteiger partial charge < -0.3 is 15.0 Å². The van der Waals surface area contributed by atoms with Crippen molar-refractivity contribution in [2.45, 2.75) is 25.9 Å². The highest BCUT2D eigenvalue weighted by Crippen LogP contribution is 2.23. The summed E-state index contributed by atoms with van der Waals surface area (Å²) in [5.74, 6) is -0.230. The van der Waals surface area contributed by atoms with Gasteiger partial charge in [-0.1, -0.05) is 60.7 Å². The molecule has 0 bridgehead atoms. The lowest BCUT2D eigenvalue weighted by Gasteiger charge is -2.33. The van der Waals surface area contributed by atoms with Crippen LogP contribution >= 0.6 is 0 Å². The molecule has 0 unspecified atom stereocenters. The normalized spacial score (nSPS) is 11.9. The first-order valence-electron chi connectivity index (χ1n) is 12.0. The summed E-state index contributed by atoms with van der Waals surface area (Å²) < 4.78 is 32.0. The number of anilines is 1. The lowest BCUT2D eigenvalue weighted by atomic mass is 10.0. The number of hydrogen-bond donors (Lipinski definition) is 1. The van der Waals surface area contributed by atoms with Crippen molar-refractivity contribution in [3.8, 4) is 5.75 Å². The Morgan fingerprint density at radius 2 is 1.46 bits per heavy atom. The van der Waals surface area contributed by atoms with Crippen LogP contribution in [0.3, 0.4) is 0 Å². The van der Waals surface area contributed by atoms with Crippen molar-refractivity contribution in [3.63, 3.8) is 0 Å². The van der Waals surface area contributed by atoms with E-state index >= 15 is 0 Å². The smallest absolute Gasteiger partial charge is 0.244 e. The van der Waals surface area contributed by atoms with Crippen LogP contribution in [0.15, 0.2) is 84.9 Å². The van der Waals surface area contributed by atoms with Crippen LogP contribution in [-0.4, -0.2) is 57.6 Å². The molecule has 0 radical (unpaired) electrons. The van der Waals surface area contributed by atoms with Gasteiger partial charge in [-0.05, 0) is 42.3 Å². The summed E-state index contributed by atoms with van der Waals surface area (Å²) in [6, 6.07) is 24.4. The van der Waals surface area contributed by atoms with E-state index in [0.717, 1.165) is 21.7 Å². The van der Waals surface area contributed by atoms with Crippen molar-refractivity contribution in [2.24, 2.45) is 0 Å². The molecule has 0 saturated heterocycles. The Bertz CT molecular complexity index is 1270. The van der Waals surface area contributed by atoms with Crippen molar-refractivity contribution in [3.05, 3.63) is 96.1 Å². The first kappa shape index (κ1) is 27.7. The van der Waals surface area contributed by atoms with E-state index in [9.17, 15) is 18.0 Å². The number of nitrogens with zero attached hydrogens (tertiary/aromatic N) is 2. The second-order valence-electron chi connectivity index (χ2n) is 8.52. The number of amides is 2. The Hall–Kier alpha value is -3.85. The van der Waals surface area contributed by atoms with Gasteiger partial charge in [-0.2, -0.15) is 0 Å². The monoisotopic (exact) mass is 523 g/mol. The SMILES string of the molecule is CCOc1ccc(N(CC(=O)N(Cc2ccccc2)[C@@H](Cc2ccccc2)C(=O)NC)S(C)(=O)=O)cc1. The summed E-state index contributed by atoms with van der Waals surface area (Å²) in [5.41, 5.74) is 2.04. The predicted molar refractivity (Wildman–Crippen MR) is 145 cm³/mol. The van der Waals surface area contributed by atoms with Crippen molar-refractivity contribution in [1.29, 1.82) is 0 Å². The van der Waals surface area contributed by atoms with Gasteiger partial charge in [0.05, 0.1) is 18.6 Å². The predicted octanol–water partition coefficient (Wildman–Crippen LogP) is 3.24. The summed E-state index contributed by atoms with van der Waals surface area (Å²) in [6.07, 6.45) is 1.33. The highest BCUT2D eigenvalue weighted by atomic mass is 32.2. The van der Waals surface area contributed by atoms with Crippen LogP contribution in [0, 0.1) is 0 Å². The van der Waals surface area contributed by atoms with Crippen LogP contribution in [0.1, 0.15) is 18.1 Å². The fourth-order valence-electron chi connectivity index (χ4n) is 3.99. The molecule has 196 valence electrons. The molecular weight excluding hydrogens is 490 g/mol. The molecule has 0 aliphatic rings. The van der Waals surface area contributed by atoms with E-state index in [1.165, 1.54) is 11.9 Å². The number of ether oxygens (including phenoxy) is 1. The highest BCUT2D eigenvalue weighted by molar-refractivity contribution is 7.92. The fourth-order valence-corrected chi connectivity index (χ4v) is 4.84. The molecule has 37 heavy (non-hydrogen) atoms. The van der Waals surface area contributed by atoms with E-state index in [-0.39, 0.29) is 18.9 Å². The number of carbonyl (C=O) groups is 2. The molecule has 1 atom stereocenters. The molecule has 0 aliphatic carbocycles. The molecule has 0 aliphatic heterocycles. The second-order valence-corrected chi connectivity index (χ2v) is 10.4. The van der Waals surface area contributed by atoms with Crippen LogP contribution in [0.4, 0.5) is 5.69 Å². The van der Waals surface area contributed by atoms with E-state index in [1.54, 1.807) is 24.3 Å². The zero-order chi connectivity index (χ0) is 26.8. The quantitative estimate of drug-likeness (QED) is 0.393. The van der Waals surface area contributed by atoms with Gasteiger partial charge in [0.25, 0.3) is 0 Å². The number of benzene rings is 3. The second kappa shape index (κ2) is 12.9. The minimum absolute atomic E-state index is 0.144. The Labute approximate surface area is 218 Å². The molecule has 3 rings (SSSR count). The summed E-state index contributed by atoms with van der Waals surface area (Å²) in [7, 11) is -2.29. The van der Waals surface area contributed by atoms with Gasteiger partial charge in [0.2, 0.25) is 21.8 Å². The number of rotatable bonds is 12. The Morgan fingerprint density at radius 3 is 1.97 bits per heavy atom. The first-order chi connectivity index (χ1) is 17.7. The summed E-state index contributed by atoms with van der Waals surface area (Å²) in [4.78, 5) is 28.3. The van der Waals surface area contributed by atoms with Crippen LogP contribution in [0.25, 0.3) is 0 Å². The third-order valence-electron chi connectivity index (χ3n) is 5.83. The molecule has 0 saturated carbocycles. The van der Waals surface area contributed by atoms with E-state index in [2.05, 4.69) is 5.32 Å². The van der Waals surface area contributed by atoms with E-state index < -0.39 is 28.5 Å². The molecule has 0 spiro atoms. The summed E-state index contributed by atoms with van der Waals surface area (Å²) in [5, 5.41) is 2.66. The molecule has 0 aromatic heterocycles. The minimum atomic E-state index is -3.81. The van der Waals surface area contributed by atoms with Crippen LogP contribution in [0.5, 0.6) is 5.75 Å². The molecule has 2 amide bonds. The fraction of sp³-hybridized carbons (Fsp3) is 0.286. The van der Waals surface area contributed by atoms with Gasteiger partial charge in [-0.15, -0.1) is 0 Å². The van der Waals surface area contributed by atoms with Gasteiger partial charge in [-0.25, -0.2) is 8.42 Å². The largest absolute Gasteiger partial charge is 0.494 e. The molecule has 0 fully saturated rings. The maximum Gasteiger partial charge on any atom is 0.244 e. The van der Waals surface area contributed by atoms with Gasteiger partial charge in [0, 0.05) is 20.0 Å². The number of nitrogens with one attached hydrogen (secondary N) is 1. The molecule has 1 N–H and O–H groups in total.